The second-order valence-electron chi connectivity index (χ2n) is 3.82. The predicted molar refractivity (Wildman–Crippen MR) is 54.3 cm³/mol. The lowest BCUT2D eigenvalue weighted by Gasteiger charge is -2.02. The van der Waals surface area contributed by atoms with Gasteiger partial charge in [-0.2, -0.15) is 5.10 Å². The number of aromatic nitrogens is 4. The van der Waals surface area contributed by atoms with E-state index in [9.17, 15) is 0 Å². The molecule has 0 radical (unpaired) electrons. The van der Waals surface area contributed by atoms with E-state index in [-0.39, 0.29) is 0 Å². The highest BCUT2D eigenvalue weighted by Gasteiger charge is 2.13. The molecule has 0 N–H and O–H groups in total. The first kappa shape index (κ1) is 9.12. The first-order valence-electron chi connectivity index (χ1n) is 4.78. The van der Waals surface area contributed by atoms with Gasteiger partial charge >= 0.3 is 0 Å². The van der Waals surface area contributed by atoms with Crippen LogP contribution in [0.25, 0.3) is 5.52 Å². The van der Waals surface area contributed by atoms with Gasteiger partial charge in [0.2, 0.25) is 0 Å². The van der Waals surface area contributed by atoms with Crippen LogP contribution in [0.1, 0.15) is 37.0 Å². The van der Waals surface area contributed by atoms with Crippen molar-refractivity contribution in [1.29, 1.82) is 0 Å². The number of hydrogen-bond donors (Lipinski definition) is 0. The van der Waals surface area contributed by atoms with Crippen LogP contribution >= 0.6 is 0 Å². The number of rotatable bonds is 1. The largest absolute Gasteiger partial charge is 0.238 e. The standard InChI is InChI=1S/C10H14N4/c1-6(2)10-13-8(4)9-7(3)11-5-12-14(9)10/h5-6H,1-4H3. The molecule has 0 aliphatic carbocycles. The molecule has 0 spiro atoms. The molecule has 2 aromatic rings. The van der Waals surface area contributed by atoms with Crippen LogP contribution in [-0.4, -0.2) is 19.6 Å². The predicted octanol–water partition coefficient (Wildman–Crippen LogP) is 1.86. The summed E-state index contributed by atoms with van der Waals surface area (Å²) in [7, 11) is 0. The number of hydrogen-bond acceptors (Lipinski definition) is 3. The van der Waals surface area contributed by atoms with E-state index >= 15 is 0 Å². The van der Waals surface area contributed by atoms with E-state index in [1.807, 2.05) is 18.4 Å². The molecule has 74 valence electrons. The van der Waals surface area contributed by atoms with Gasteiger partial charge in [0, 0.05) is 5.92 Å². The number of nitrogens with zero attached hydrogens (tertiary/aromatic N) is 4. The quantitative estimate of drug-likeness (QED) is 0.689. The molecule has 0 atom stereocenters. The van der Waals surface area contributed by atoms with E-state index in [1.165, 1.54) is 0 Å². The third-order valence-corrected chi connectivity index (χ3v) is 2.33. The molecule has 0 aliphatic rings. The Morgan fingerprint density at radius 2 is 1.93 bits per heavy atom. The summed E-state index contributed by atoms with van der Waals surface area (Å²) in [5, 5.41) is 4.23. The molecule has 2 aromatic heterocycles. The number of fused-ring (bicyclic) bond motifs is 1. The van der Waals surface area contributed by atoms with Gasteiger partial charge in [-0.1, -0.05) is 13.8 Å². The average molecular weight is 190 g/mol. The summed E-state index contributed by atoms with van der Waals surface area (Å²) >= 11 is 0. The fraction of sp³-hybridized carbons (Fsp3) is 0.500. The summed E-state index contributed by atoms with van der Waals surface area (Å²) in [5.74, 6) is 1.38. The van der Waals surface area contributed by atoms with Crippen LogP contribution in [0.5, 0.6) is 0 Å². The molecule has 4 nitrogen and oxygen atoms in total. The Hall–Kier alpha value is -1.45. The van der Waals surface area contributed by atoms with Crippen molar-refractivity contribution in [2.24, 2.45) is 0 Å². The minimum atomic E-state index is 0.380. The van der Waals surface area contributed by atoms with E-state index in [4.69, 9.17) is 0 Å². The van der Waals surface area contributed by atoms with Crippen LogP contribution in [0.4, 0.5) is 0 Å². The van der Waals surface area contributed by atoms with Crippen molar-refractivity contribution in [3.05, 3.63) is 23.5 Å². The molecular weight excluding hydrogens is 176 g/mol. The lowest BCUT2D eigenvalue weighted by molar-refractivity contribution is 0.717. The van der Waals surface area contributed by atoms with Gasteiger partial charge in [0.1, 0.15) is 17.7 Å². The van der Waals surface area contributed by atoms with Gasteiger partial charge in [-0.05, 0) is 13.8 Å². The van der Waals surface area contributed by atoms with Gasteiger partial charge in [0.25, 0.3) is 0 Å². The molecule has 2 heterocycles. The molecule has 14 heavy (non-hydrogen) atoms. The molecule has 4 heteroatoms. The zero-order valence-corrected chi connectivity index (χ0v) is 8.94. The van der Waals surface area contributed by atoms with Gasteiger partial charge < -0.3 is 0 Å². The number of aryl methyl sites for hydroxylation is 2. The Balaban J connectivity index is 2.84. The SMILES string of the molecule is Cc1ncnn2c(C(C)C)nc(C)c12. The van der Waals surface area contributed by atoms with Crippen molar-refractivity contribution >= 4 is 5.52 Å². The van der Waals surface area contributed by atoms with Crippen molar-refractivity contribution in [3.63, 3.8) is 0 Å². The summed E-state index contributed by atoms with van der Waals surface area (Å²) in [6, 6.07) is 0. The summed E-state index contributed by atoms with van der Waals surface area (Å²) in [5.41, 5.74) is 3.03. The molecule has 2 rings (SSSR count). The topological polar surface area (TPSA) is 43.1 Å². The monoisotopic (exact) mass is 190 g/mol. The molecule has 0 saturated heterocycles. The van der Waals surface area contributed by atoms with Crippen molar-refractivity contribution in [3.8, 4) is 0 Å². The first-order chi connectivity index (χ1) is 6.61. The van der Waals surface area contributed by atoms with Crippen LogP contribution in [0.15, 0.2) is 6.33 Å². The maximum Gasteiger partial charge on any atom is 0.136 e. The number of imidazole rings is 1. The Morgan fingerprint density at radius 3 is 2.57 bits per heavy atom. The molecule has 0 unspecified atom stereocenters. The van der Waals surface area contributed by atoms with Crippen LogP contribution < -0.4 is 0 Å². The molecule has 0 bridgehead atoms. The molecule has 0 amide bonds. The van der Waals surface area contributed by atoms with Crippen molar-refractivity contribution in [2.75, 3.05) is 0 Å². The van der Waals surface area contributed by atoms with Gasteiger partial charge in [0.15, 0.2) is 0 Å². The van der Waals surface area contributed by atoms with Gasteiger partial charge in [-0.15, -0.1) is 0 Å². The Kier molecular flexibility index (Phi) is 1.98. The van der Waals surface area contributed by atoms with Crippen LogP contribution in [0, 0.1) is 13.8 Å². The highest BCUT2D eigenvalue weighted by Crippen LogP contribution is 2.18. The van der Waals surface area contributed by atoms with E-state index < -0.39 is 0 Å². The van der Waals surface area contributed by atoms with E-state index in [0.29, 0.717) is 5.92 Å². The maximum absolute atomic E-state index is 4.51. The smallest absolute Gasteiger partial charge is 0.136 e. The normalized spacial score (nSPS) is 11.5. The maximum atomic E-state index is 4.51. The second kappa shape index (κ2) is 3.04. The summed E-state index contributed by atoms with van der Waals surface area (Å²) < 4.78 is 1.89. The van der Waals surface area contributed by atoms with Crippen LogP contribution in [0.2, 0.25) is 0 Å². The highest BCUT2D eigenvalue weighted by atomic mass is 15.3. The van der Waals surface area contributed by atoms with Crippen molar-refractivity contribution < 1.29 is 0 Å². The van der Waals surface area contributed by atoms with Gasteiger partial charge in [-0.25, -0.2) is 14.5 Å². The van der Waals surface area contributed by atoms with E-state index in [1.54, 1.807) is 6.33 Å². The average Bonchev–Trinajstić information content (AvgIpc) is 2.45. The summed E-state index contributed by atoms with van der Waals surface area (Å²) in [6.07, 6.45) is 1.58. The minimum absolute atomic E-state index is 0.380. The van der Waals surface area contributed by atoms with Gasteiger partial charge in [0.05, 0.1) is 11.4 Å². The molecular formula is C10H14N4. The first-order valence-corrected chi connectivity index (χ1v) is 4.78. The molecule has 0 aromatic carbocycles. The third kappa shape index (κ3) is 1.18. The molecule has 0 saturated carbocycles. The summed E-state index contributed by atoms with van der Waals surface area (Å²) in [6.45, 7) is 8.21. The molecule has 0 aliphatic heterocycles. The zero-order chi connectivity index (χ0) is 10.3. The third-order valence-electron chi connectivity index (χ3n) is 2.33. The zero-order valence-electron chi connectivity index (χ0n) is 8.94. The Bertz CT molecular complexity index is 470. The van der Waals surface area contributed by atoms with Crippen molar-refractivity contribution in [2.45, 2.75) is 33.6 Å². The van der Waals surface area contributed by atoms with E-state index in [2.05, 4.69) is 28.9 Å². The Morgan fingerprint density at radius 1 is 1.21 bits per heavy atom. The lowest BCUT2D eigenvalue weighted by Crippen LogP contribution is -2.02. The highest BCUT2D eigenvalue weighted by molar-refractivity contribution is 5.55. The fourth-order valence-electron chi connectivity index (χ4n) is 1.67. The van der Waals surface area contributed by atoms with Crippen LogP contribution in [-0.2, 0) is 0 Å². The second-order valence-corrected chi connectivity index (χ2v) is 3.82. The van der Waals surface area contributed by atoms with Crippen LogP contribution in [0.3, 0.4) is 0 Å². The van der Waals surface area contributed by atoms with Crippen molar-refractivity contribution in [1.82, 2.24) is 19.6 Å². The fourth-order valence-corrected chi connectivity index (χ4v) is 1.67. The van der Waals surface area contributed by atoms with Gasteiger partial charge in [-0.3, -0.25) is 0 Å². The Labute approximate surface area is 83.0 Å². The summed E-state index contributed by atoms with van der Waals surface area (Å²) in [4.78, 5) is 8.68. The molecule has 0 fully saturated rings. The lowest BCUT2D eigenvalue weighted by atomic mass is 10.2. The minimum Gasteiger partial charge on any atom is -0.238 e. The van der Waals surface area contributed by atoms with E-state index in [0.717, 1.165) is 22.7 Å².